The van der Waals surface area contributed by atoms with Crippen LogP contribution in [0.25, 0.3) is 0 Å². The third-order valence-corrected chi connectivity index (χ3v) is 7.36. The minimum Gasteiger partial charge on any atom is -0.356 e. The third-order valence-electron chi connectivity index (χ3n) is 5.84. The van der Waals surface area contributed by atoms with Gasteiger partial charge in [-0.05, 0) is 43.4 Å². The summed E-state index contributed by atoms with van der Waals surface area (Å²) < 4.78 is 27.4. The molecular weight excluding hydrogens is 535 g/mol. The lowest BCUT2D eigenvalue weighted by Crippen LogP contribution is -2.48. The molecule has 0 atom stereocenters. The highest BCUT2D eigenvalue weighted by molar-refractivity contribution is 14.0. The molecule has 0 radical (unpaired) electrons. The minimum atomic E-state index is -3.38. The maximum Gasteiger partial charge on any atom is 0.216 e. The summed E-state index contributed by atoms with van der Waals surface area (Å²) in [6, 6.07) is 18.2. The topological polar surface area (TPSA) is 82.6 Å². The van der Waals surface area contributed by atoms with Crippen molar-refractivity contribution in [3.8, 4) is 0 Å². The first-order chi connectivity index (χ1) is 14.8. The van der Waals surface area contributed by atoms with Crippen molar-refractivity contribution in [3.05, 3.63) is 71.3 Å². The van der Waals surface area contributed by atoms with Crippen molar-refractivity contribution in [3.63, 3.8) is 0 Å². The number of nitrogens with zero attached hydrogens (tertiary/aromatic N) is 1. The lowest BCUT2D eigenvalue weighted by Gasteiger charge is -2.43. The Morgan fingerprint density at radius 1 is 1.00 bits per heavy atom. The summed E-state index contributed by atoms with van der Waals surface area (Å²) in [7, 11) is -1.62. The number of halogens is 1. The van der Waals surface area contributed by atoms with Crippen LogP contribution >= 0.6 is 24.0 Å². The zero-order valence-corrected chi connectivity index (χ0v) is 22.2. The van der Waals surface area contributed by atoms with E-state index in [1.54, 1.807) is 7.05 Å². The molecule has 0 aliphatic heterocycles. The van der Waals surface area contributed by atoms with Crippen molar-refractivity contribution in [2.75, 3.05) is 13.6 Å². The smallest absolute Gasteiger partial charge is 0.216 e. The molecule has 0 heterocycles. The molecule has 0 amide bonds. The van der Waals surface area contributed by atoms with E-state index in [9.17, 15) is 8.42 Å². The molecule has 6 nitrogen and oxygen atoms in total. The predicted octanol–water partition coefficient (Wildman–Crippen LogP) is 3.92. The van der Waals surface area contributed by atoms with E-state index in [2.05, 4.69) is 50.7 Å². The zero-order chi connectivity index (χ0) is 22.3. The zero-order valence-electron chi connectivity index (χ0n) is 19.1. The summed E-state index contributed by atoms with van der Waals surface area (Å²) >= 11 is 0. The Bertz CT molecular complexity index is 990. The van der Waals surface area contributed by atoms with E-state index in [0.29, 0.717) is 6.54 Å². The Balaban J connectivity index is 0.00000363. The number of hydrogen-bond acceptors (Lipinski definition) is 3. The molecule has 32 heavy (non-hydrogen) atoms. The second-order valence-electron chi connectivity index (χ2n) is 8.58. The van der Waals surface area contributed by atoms with Crippen molar-refractivity contribution in [1.29, 1.82) is 0 Å². The predicted molar refractivity (Wildman–Crippen MR) is 143 cm³/mol. The van der Waals surface area contributed by atoms with Crippen LogP contribution in [0.1, 0.15) is 49.8 Å². The molecule has 1 saturated carbocycles. The van der Waals surface area contributed by atoms with Crippen molar-refractivity contribution in [2.24, 2.45) is 4.99 Å². The van der Waals surface area contributed by atoms with E-state index in [4.69, 9.17) is 0 Å². The Morgan fingerprint density at radius 3 is 2.19 bits per heavy atom. The van der Waals surface area contributed by atoms with Gasteiger partial charge in [0.25, 0.3) is 0 Å². The van der Waals surface area contributed by atoms with Crippen LogP contribution in [0.3, 0.4) is 0 Å². The van der Waals surface area contributed by atoms with Crippen LogP contribution in [-0.4, -0.2) is 34.0 Å². The molecule has 1 aliphatic rings. The molecule has 8 heteroatoms. The number of nitrogens with one attached hydrogen (secondary N) is 3. The summed E-state index contributed by atoms with van der Waals surface area (Å²) in [6.07, 6.45) is 3.59. The average Bonchev–Trinajstić information content (AvgIpc) is 2.70. The first kappa shape index (κ1) is 26.6. The van der Waals surface area contributed by atoms with Gasteiger partial charge in [-0.15, -0.1) is 24.0 Å². The molecule has 1 fully saturated rings. The van der Waals surface area contributed by atoms with Crippen LogP contribution in [0, 0.1) is 0 Å². The van der Waals surface area contributed by atoms with Gasteiger partial charge in [0.2, 0.25) is 10.0 Å². The average molecular weight is 571 g/mol. The first-order valence-electron chi connectivity index (χ1n) is 10.9. The minimum absolute atomic E-state index is 0. The van der Waals surface area contributed by atoms with Crippen LogP contribution in [0.5, 0.6) is 0 Å². The van der Waals surface area contributed by atoms with Gasteiger partial charge in [-0.25, -0.2) is 13.1 Å². The number of hydrogen-bond donors (Lipinski definition) is 3. The second-order valence-corrected chi connectivity index (χ2v) is 10.3. The maximum atomic E-state index is 12.4. The van der Waals surface area contributed by atoms with Crippen molar-refractivity contribution < 1.29 is 8.42 Å². The molecule has 0 unspecified atom stereocenters. The molecular formula is C24H35IN4O2S. The van der Waals surface area contributed by atoms with E-state index in [0.717, 1.165) is 23.6 Å². The SMILES string of the molecule is CN=C(NCc1ccccc1CS(=O)(=O)NC(C)C)NCC1(c2ccccc2)CCC1.I. The Labute approximate surface area is 209 Å². The van der Waals surface area contributed by atoms with E-state index in [-0.39, 0.29) is 41.2 Å². The number of rotatable bonds is 9. The van der Waals surface area contributed by atoms with Crippen LogP contribution in [-0.2, 0) is 27.7 Å². The van der Waals surface area contributed by atoms with Gasteiger partial charge in [-0.1, -0.05) is 61.0 Å². The van der Waals surface area contributed by atoms with Gasteiger partial charge in [-0.3, -0.25) is 4.99 Å². The molecule has 3 N–H and O–H groups in total. The molecule has 3 rings (SSSR count). The van der Waals surface area contributed by atoms with Crippen molar-refractivity contribution in [2.45, 2.75) is 56.9 Å². The Kier molecular flexibility index (Phi) is 9.97. The second kappa shape index (κ2) is 12.0. The molecule has 176 valence electrons. The van der Waals surface area contributed by atoms with Gasteiger partial charge < -0.3 is 10.6 Å². The lowest BCUT2D eigenvalue weighted by atomic mass is 9.64. The Morgan fingerprint density at radius 2 is 1.62 bits per heavy atom. The monoisotopic (exact) mass is 570 g/mol. The van der Waals surface area contributed by atoms with Crippen molar-refractivity contribution in [1.82, 2.24) is 15.4 Å². The summed E-state index contributed by atoms with van der Waals surface area (Å²) in [5.74, 6) is 0.687. The maximum absolute atomic E-state index is 12.4. The number of sulfonamides is 1. The molecule has 1 aliphatic carbocycles. The summed E-state index contributed by atoms with van der Waals surface area (Å²) in [6.45, 7) is 4.98. The third kappa shape index (κ3) is 7.18. The summed E-state index contributed by atoms with van der Waals surface area (Å²) in [5, 5.41) is 6.83. The normalized spacial score (nSPS) is 15.6. The lowest BCUT2D eigenvalue weighted by molar-refractivity contribution is 0.244. The number of guanidine groups is 1. The van der Waals surface area contributed by atoms with E-state index in [1.807, 2.05) is 38.1 Å². The highest BCUT2D eigenvalue weighted by Crippen LogP contribution is 2.43. The molecule has 0 saturated heterocycles. The molecule has 2 aromatic carbocycles. The van der Waals surface area contributed by atoms with E-state index < -0.39 is 10.0 Å². The van der Waals surface area contributed by atoms with Gasteiger partial charge >= 0.3 is 0 Å². The quantitative estimate of drug-likeness (QED) is 0.243. The van der Waals surface area contributed by atoms with E-state index >= 15 is 0 Å². The van der Waals surface area contributed by atoms with Gasteiger partial charge in [-0.2, -0.15) is 0 Å². The fraction of sp³-hybridized carbons (Fsp3) is 0.458. The van der Waals surface area contributed by atoms with E-state index in [1.165, 1.54) is 24.8 Å². The first-order valence-corrected chi connectivity index (χ1v) is 12.6. The molecule has 0 spiro atoms. The summed E-state index contributed by atoms with van der Waals surface area (Å²) in [5.41, 5.74) is 3.27. The largest absolute Gasteiger partial charge is 0.356 e. The van der Waals surface area contributed by atoms with Crippen LogP contribution < -0.4 is 15.4 Å². The number of benzene rings is 2. The standard InChI is InChI=1S/C24H34N4O2S.HI/c1-19(2)28-31(29,30)17-21-11-8-7-10-20(21)16-26-23(25-3)27-18-24(14-9-15-24)22-12-5-4-6-13-22;/h4-8,10-13,19,28H,9,14-18H2,1-3H3,(H2,25,26,27);1H. The summed E-state index contributed by atoms with van der Waals surface area (Å²) in [4.78, 5) is 4.37. The van der Waals surface area contributed by atoms with Gasteiger partial charge in [0.1, 0.15) is 0 Å². The Hall–Kier alpha value is -1.65. The van der Waals surface area contributed by atoms with Crippen LogP contribution in [0.2, 0.25) is 0 Å². The van der Waals surface area contributed by atoms with Gasteiger partial charge in [0.05, 0.1) is 5.75 Å². The highest BCUT2D eigenvalue weighted by atomic mass is 127. The van der Waals surface area contributed by atoms with Crippen LogP contribution in [0.4, 0.5) is 0 Å². The fourth-order valence-corrected chi connectivity index (χ4v) is 5.58. The van der Waals surface area contributed by atoms with Crippen LogP contribution in [0.15, 0.2) is 59.6 Å². The van der Waals surface area contributed by atoms with Gasteiger partial charge in [0, 0.05) is 31.6 Å². The molecule has 0 bridgehead atoms. The number of aliphatic imine (C=N–C) groups is 1. The molecule has 0 aromatic heterocycles. The fourth-order valence-electron chi connectivity index (χ4n) is 4.09. The molecule has 2 aromatic rings. The highest BCUT2D eigenvalue weighted by Gasteiger charge is 2.38. The van der Waals surface area contributed by atoms with Crippen molar-refractivity contribution >= 4 is 40.0 Å². The van der Waals surface area contributed by atoms with Gasteiger partial charge in [0.15, 0.2) is 5.96 Å².